The summed E-state index contributed by atoms with van der Waals surface area (Å²) in [6.45, 7) is 0. The third-order valence-corrected chi connectivity index (χ3v) is 5.39. The fraction of sp³-hybridized carbons (Fsp3) is 0.100. The van der Waals surface area contributed by atoms with Gasteiger partial charge in [0.05, 0.1) is 19.1 Å². The minimum atomic E-state index is -4.24. The van der Waals surface area contributed by atoms with Crippen molar-refractivity contribution in [1.82, 2.24) is 0 Å². The van der Waals surface area contributed by atoms with E-state index >= 15 is 0 Å². The van der Waals surface area contributed by atoms with E-state index in [4.69, 9.17) is 47.3 Å². The third-order valence-electron chi connectivity index (χ3n) is 4.07. The fourth-order valence-corrected chi connectivity index (χ4v) is 3.52. The van der Waals surface area contributed by atoms with Gasteiger partial charge in [0.1, 0.15) is 11.5 Å². The molecular weight excluding hydrogens is 466 g/mol. The Hall–Kier alpha value is -2.27. The number of ether oxygens (including phenoxy) is 2. The second-order valence-electron chi connectivity index (χ2n) is 6.11. The van der Waals surface area contributed by atoms with Gasteiger partial charge < -0.3 is 19.5 Å². The highest BCUT2D eigenvalue weighted by Crippen LogP contribution is 2.33. The first kappa shape index (κ1) is 25.0. The summed E-state index contributed by atoms with van der Waals surface area (Å²) in [5.41, 5.74) is 1.51. The molecule has 0 bridgehead atoms. The van der Waals surface area contributed by atoms with Gasteiger partial charge in [-0.2, -0.15) is 8.42 Å². The molecule has 0 amide bonds. The molecule has 11 heteroatoms. The minimum Gasteiger partial charge on any atom is -0.497 e. The Kier molecular flexibility index (Phi) is 8.75. The first-order chi connectivity index (χ1) is 14.6. The Morgan fingerprint density at radius 1 is 0.839 bits per heavy atom. The van der Waals surface area contributed by atoms with Crippen molar-refractivity contribution in [1.29, 1.82) is 0 Å². The molecule has 0 aromatic heterocycles. The number of methoxy groups -OCH3 is 2. The van der Waals surface area contributed by atoms with Gasteiger partial charge in [0, 0.05) is 21.1 Å². The van der Waals surface area contributed by atoms with Crippen molar-refractivity contribution in [3.05, 3.63) is 70.7 Å². The van der Waals surface area contributed by atoms with E-state index in [9.17, 15) is 8.42 Å². The zero-order valence-corrected chi connectivity index (χ0v) is 18.8. The van der Waals surface area contributed by atoms with Crippen molar-refractivity contribution in [2.75, 3.05) is 14.2 Å². The van der Waals surface area contributed by atoms with Crippen molar-refractivity contribution in [3.63, 3.8) is 0 Å². The smallest absolute Gasteiger partial charge is 0.492 e. The maximum Gasteiger partial charge on any atom is 0.492 e. The monoisotopic (exact) mass is 484 g/mol. The van der Waals surface area contributed by atoms with Gasteiger partial charge in [0.15, 0.2) is 0 Å². The quantitative estimate of drug-likeness (QED) is 0.376. The molecule has 3 aromatic rings. The van der Waals surface area contributed by atoms with Crippen LogP contribution in [0.25, 0.3) is 11.1 Å². The second kappa shape index (κ2) is 10.9. The summed E-state index contributed by atoms with van der Waals surface area (Å²) in [6, 6.07) is 15.6. The predicted molar refractivity (Wildman–Crippen MR) is 121 cm³/mol. The largest absolute Gasteiger partial charge is 0.497 e. The molecule has 7 nitrogen and oxygen atoms in total. The van der Waals surface area contributed by atoms with E-state index < -0.39 is 17.2 Å². The normalized spacial score (nSPS) is 10.7. The van der Waals surface area contributed by atoms with Crippen molar-refractivity contribution in [3.8, 4) is 22.6 Å². The number of benzene rings is 3. The molecule has 31 heavy (non-hydrogen) atoms. The molecule has 0 aliphatic heterocycles. The van der Waals surface area contributed by atoms with Gasteiger partial charge >= 0.3 is 7.12 Å². The Bertz CT molecular complexity index is 1150. The van der Waals surface area contributed by atoms with Crippen LogP contribution in [-0.4, -0.2) is 44.4 Å². The molecule has 0 aliphatic rings. The van der Waals surface area contributed by atoms with Crippen molar-refractivity contribution in [2.45, 2.75) is 4.90 Å². The van der Waals surface area contributed by atoms with Gasteiger partial charge in [-0.3, -0.25) is 4.55 Å². The van der Waals surface area contributed by atoms with Gasteiger partial charge in [0.25, 0.3) is 10.1 Å². The van der Waals surface area contributed by atoms with Crippen molar-refractivity contribution >= 4 is 45.9 Å². The van der Waals surface area contributed by atoms with Gasteiger partial charge in [-0.15, -0.1) is 0 Å². The highest BCUT2D eigenvalue weighted by Gasteiger charge is 2.16. The molecule has 0 fully saturated rings. The van der Waals surface area contributed by atoms with Crippen LogP contribution in [0.1, 0.15) is 0 Å². The molecular formula is C20H19BCl2O7S. The first-order valence-electron chi connectivity index (χ1n) is 8.68. The molecule has 3 N–H and O–H groups in total. The molecule has 3 rings (SSSR count). The molecule has 0 atom stereocenters. The highest BCUT2D eigenvalue weighted by molar-refractivity contribution is 7.85. The molecule has 0 spiro atoms. The van der Waals surface area contributed by atoms with Crippen LogP contribution in [-0.2, 0) is 10.1 Å². The summed E-state index contributed by atoms with van der Waals surface area (Å²) in [6.07, 6.45) is 0. The fourth-order valence-electron chi connectivity index (χ4n) is 2.64. The van der Waals surface area contributed by atoms with Crippen LogP contribution < -0.4 is 14.9 Å². The number of hydrogen-bond acceptors (Lipinski definition) is 6. The molecule has 0 aliphatic carbocycles. The van der Waals surface area contributed by atoms with Gasteiger partial charge in [-0.1, -0.05) is 35.3 Å². The van der Waals surface area contributed by atoms with Crippen LogP contribution >= 0.6 is 23.2 Å². The van der Waals surface area contributed by atoms with E-state index in [1.54, 1.807) is 42.5 Å². The predicted octanol–water partition coefficient (Wildman–Crippen LogP) is 3.29. The van der Waals surface area contributed by atoms with Gasteiger partial charge in [-0.25, -0.2) is 0 Å². The summed E-state index contributed by atoms with van der Waals surface area (Å²) in [4.78, 5) is -0.174. The molecule has 0 saturated carbocycles. The van der Waals surface area contributed by atoms with E-state index in [-0.39, 0.29) is 10.4 Å². The number of rotatable bonds is 5. The Balaban J connectivity index is 0.000000245. The minimum absolute atomic E-state index is 0.174. The molecule has 0 unspecified atom stereocenters. The van der Waals surface area contributed by atoms with Gasteiger partial charge in [-0.05, 0) is 54.1 Å². The summed E-state index contributed by atoms with van der Waals surface area (Å²) < 4.78 is 41.4. The van der Waals surface area contributed by atoms with E-state index in [2.05, 4.69) is 0 Å². The third kappa shape index (κ3) is 6.86. The Morgan fingerprint density at radius 3 is 1.97 bits per heavy atom. The van der Waals surface area contributed by atoms with Crippen molar-refractivity contribution in [2.24, 2.45) is 0 Å². The van der Waals surface area contributed by atoms with E-state index in [0.29, 0.717) is 32.7 Å². The first-order valence-corrected chi connectivity index (χ1v) is 10.9. The zero-order valence-electron chi connectivity index (χ0n) is 16.5. The molecule has 0 radical (unpaired) electrons. The summed E-state index contributed by atoms with van der Waals surface area (Å²) >= 11 is 11.6. The van der Waals surface area contributed by atoms with Crippen LogP contribution in [0, 0.1) is 0 Å². The molecule has 3 aromatic carbocycles. The molecule has 0 heterocycles. The maximum atomic E-state index is 11.1. The lowest BCUT2D eigenvalue weighted by Gasteiger charge is -2.09. The second-order valence-corrected chi connectivity index (χ2v) is 8.40. The van der Waals surface area contributed by atoms with E-state index in [1.807, 2.05) is 0 Å². The van der Waals surface area contributed by atoms with Crippen LogP contribution in [0.2, 0.25) is 10.0 Å². The van der Waals surface area contributed by atoms with Crippen LogP contribution in [0.5, 0.6) is 11.5 Å². The van der Waals surface area contributed by atoms with Crippen molar-refractivity contribution < 1.29 is 32.5 Å². The average molecular weight is 485 g/mol. The number of hydrogen-bond donors (Lipinski definition) is 3. The van der Waals surface area contributed by atoms with Crippen LogP contribution in [0.4, 0.5) is 0 Å². The highest BCUT2D eigenvalue weighted by atomic mass is 35.5. The van der Waals surface area contributed by atoms with Crippen LogP contribution in [0.3, 0.4) is 0 Å². The molecule has 0 saturated heterocycles. The van der Waals surface area contributed by atoms with E-state index in [0.717, 1.165) is 0 Å². The SMILES string of the molecule is COc1ccc(Cl)cc1-c1cccc(S(=O)(=O)O)c1.COc1ccc(Cl)cc1B(O)O. The lowest BCUT2D eigenvalue weighted by Crippen LogP contribution is -2.31. The maximum absolute atomic E-state index is 11.1. The summed E-state index contributed by atoms with van der Waals surface area (Å²) in [5.74, 6) is 0.978. The lowest BCUT2D eigenvalue weighted by atomic mass is 9.79. The zero-order chi connectivity index (χ0) is 23.2. The average Bonchev–Trinajstić information content (AvgIpc) is 2.73. The standard InChI is InChI=1S/C13H11ClO4S.C7H8BClO3/c1-18-13-6-5-10(14)8-12(13)9-3-2-4-11(7-9)19(15,16)17;1-12-7-3-2-5(9)4-6(7)8(10)11/h2-8H,1H3,(H,15,16,17);2-4,10-11H,1H3. The topological polar surface area (TPSA) is 113 Å². The summed E-state index contributed by atoms with van der Waals surface area (Å²) in [7, 11) is -2.83. The van der Waals surface area contributed by atoms with E-state index in [1.165, 1.54) is 32.4 Å². The number of halogens is 2. The Morgan fingerprint density at radius 2 is 1.42 bits per heavy atom. The summed E-state index contributed by atoms with van der Waals surface area (Å²) in [5, 5.41) is 18.7. The van der Waals surface area contributed by atoms with Gasteiger partial charge in [0.2, 0.25) is 0 Å². The van der Waals surface area contributed by atoms with Crippen LogP contribution in [0.15, 0.2) is 65.6 Å². The lowest BCUT2D eigenvalue weighted by molar-refractivity contribution is 0.403. The molecule has 164 valence electrons. The Labute approximate surface area is 190 Å².